The van der Waals surface area contributed by atoms with E-state index < -0.39 is 0 Å². The molecule has 0 aliphatic rings. The van der Waals surface area contributed by atoms with Crippen LogP contribution in [0.3, 0.4) is 0 Å². The highest BCUT2D eigenvalue weighted by Crippen LogP contribution is 2.05. The smallest absolute Gasteiger partial charge is 0.0417 e. The molecule has 0 aromatic heterocycles. The molecule has 0 amide bonds. The third kappa shape index (κ3) is 8.00. The SMILES string of the molecule is [CH2]CCCCCC[CH]C. The van der Waals surface area contributed by atoms with E-state index in [4.69, 9.17) is 0 Å². The summed E-state index contributed by atoms with van der Waals surface area (Å²) in [6.45, 7) is 5.92. The summed E-state index contributed by atoms with van der Waals surface area (Å²) in [4.78, 5) is 0. The van der Waals surface area contributed by atoms with Crippen LogP contribution in [0.15, 0.2) is 0 Å². The Kier molecular flexibility index (Phi) is 8.00. The second kappa shape index (κ2) is 8.00. The molecule has 0 fully saturated rings. The molecule has 0 rings (SSSR count). The molecule has 0 nitrogen and oxygen atoms in total. The number of hydrogen-bond donors (Lipinski definition) is 0. The van der Waals surface area contributed by atoms with Gasteiger partial charge in [0.15, 0.2) is 0 Å². The third-order valence-corrected chi connectivity index (χ3v) is 1.49. The molecule has 0 spiro atoms. The van der Waals surface area contributed by atoms with Gasteiger partial charge in [-0.2, -0.15) is 0 Å². The summed E-state index contributed by atoms with van der Waals surface area (Å²) < 4.78 is 0. The topological polar surface area (TPSA) is 0 Å². The predicted octanol–water partition coefficient (Wildman–Crippen LogP) is 3.39. The van der Waals surface area contributed by atoms with Gasteiger partial charge >= 0.3 is 0 Å². The van der Waals surface area contributed by atoms with Gasteiger partial charge in [-0.3, -0.25) is 0 Å². The molecule has 0 saturated heterocycles. The van der Waals surface area contributed by atoms with Crippen LogP contribution in [0, 0.1) is 13.3 Å². The van der Waals surface area contributed by atoms with Crippen LogP contribution < -0.4 is 0 Å². The minimum atomic E-state index is 1.11. The van der Waals surface area contributed by atoms with E-state index in [1.165, 1.54) is 32.1 Å². The van der Waals surface area contributed by atoms with Crippen LogP contribution in [0.25, 0.3) is 0 Å². The molecule has 0 heterocycles. The molecule has 0 aliphatic heterocycles. The summed E-state index contributed by atoms with van der Waals surface area (Å²) >= 11 is 0. The van der Waals surface area contributed by atoms with E-state index in [0.717, 1.165) is 6.42 Å². The van der Waals surface area contributed by atoms with Crippen LogP contribution in [0.5, 0.6) is 0 Å². The van der Waals surface area contributed by atoms with Crippen LogP contribution in [-0.4, -0.2) is 0 Å². The van der Waals surface area contributed by atoms with Gasteiger partial charge in [0, 0.05) is 0 Å². The minimum Gasteiger partial charge on any atom is -0.0623 e. The monoisotopic (exact) mass is 126 g/mol. The Morgan fingerprint density at radius 2 is 1.78 bits per heavy atom. The lowest BCUT2D eigenvalue weighted by Gasteiger charge is -1.95. The van der Waals surface area contributed by atoms with Crippen LogP contribution in [0.1, 0.15) is 45.4 Å². The lowest BCUT2D eigenvalue weighted by Crippen LogP contribution is -1.76. The quantitative estimate of drug-likeness (QED) is 0.478. The summed E-state index contributed by atoms with van der Waals surface area (Å²) in [5.74, 6) is 0. The second-order valence-electron chi connectivity index (χ2n) is 2.46. The molecule has 9 heavy (non-hydrogen) atoms. The van der Waals surface area contributed by atoms with Crippen molar-refractivity contribution in [2.45, 2.75) is 45.4 Å². The molecule has 0 aromatic carbocycles. The number of unbranched alkanes of at least 4 members (excludes halogenated alkanes) is 6. The second-order valence-corrected chi connectivity index (χ2v) is 2.46. The predicted molar refractivity (Wildman–Crippen MR) is 43.0 cm³/mol. The fourth-order valence-corrected chi connectivity index (χ4v) is 0.879. The molecule has 54 valence electrons. The van der Waals surface area contributed by atoms with Crippen molar-refractivity contribution in [1.29, 1.82) is 0 Å². The van der Waals surface area contributed by atoms with E-state index in [1.54, 1.807) is 0 Å². The molecule has 0 saturated carbocycles. The van der Waals surface area contributed by atoms with Crippen molar-refractivity contribution in [3.63, 3.8) is 0 Å². The Morgan fingerprint density at radius 3 is 2.33 bits per heavy atom. The zero-order valence-electron chi connectivity index (χ0n) is 6.53. The van der Waals surface area contributed by atoms with Gasteiger partial charge in [-0.05, 0) is 6.42 Å². The van der Waals surface area contributed by atoms with Crippen LogP contribution in [0.2, 0.25) is 0 Å². The molecule has 0 unspecified atom stereocenters. The number of rotatable bonds is 6. The Labute approximate surface area is 59.7 Å². The van der Waals surface area contributed by atoms with Crippen molar-refractivity contribution in [1.82, 2.24) is 0 Å². The fourth-order valence-electron chi connectivity index (χ4n) is 0.879. The minimum absolute atomic E-state index is 1.11. The first kappa shape index (κ1) is 9.00. The Morgan fingerprint density at radius 1 is 1.11 bits per heavy atom. The first-order valence-electron chi connectivity index (χ1n) is 3.99. The maximum absolute atomic E-state index is 3.80. The zero-order valence-corrected chi connectivity index (χ0v) is 6.53. The fraction of sp³-hybridized carbons (Fsp3) is 0.778. The maximum Gasteiger partial charge on any atom is -0.0417 e. The van der Waals surface area contributed by atoms with E-state index in [0.29, 0.717) is 0 Å². The molecule has 0 bridgehead atoms. The molecule has 0 aliphatic carbocycles. The van der Waals surface area contributed by atoms with Crippen molar-refractivity contribution in [2.75, 3.05) is 0 Å². The Hall–Kier alpha value is 0. The largest absolute Gasteiger partial charge is 0.0623 e. The Balaban J connectivity index is 2.60. The highest BCUT2D eigenvalue weighted by molar-refractivity contribution is 4.55. The van der Waals surface area contributed by atoms with E-state index in [-0.39, 0.29) is 0 Å². The van der Waals surface area contributed by atoms with Crippen LogP contribution in [-0.2, 0) is 0 Å². The molecular weight excluding hydrogens is 108 g/mol. The highest BCUT2D eigenvalue weighted by Gasteiger charge is 1.85. The van der Waals surface area contributed by atoms with Crippen LogP contribution >= 0.6 is 0 Å². The zero-order chi connectivity index (χ0) is 6.95. The van der Waals surface area contributed by atoms with Crippen LogP contribution in [0.4, 0.5) is 0 Å². The molecule has 2 radical (unpaired) electrons. The lowest BCUT2D eigenvalue weighted by atomic mass is 10.1. The van der Waals surface area contributed by atoms with Gasteiger partial charge < -0.3 is 0 Å². The van der Waals surface area contributed by atoms with Gasteiger partial charge in [-0.25, -0.2) is 0 Å². The van der Waals surface area contributed by atoms with Gasteiger partial charge in [0.05, 0.1) is 0 Å². The van der Waals surface area contributed by atoms with E-state index in [2.05, 4.69) is 20.3 Å². The van der Waals surface area contributed by atoms with Crippen molar-refractivity contribution in [2.24, 2.45) is 0 Å². The normalized spacial score (nSPS) is 10.0. The van der Waals surface area contributed by atoms with E-state index >= 15 is 0 Å². The summed E-state index contributed by atoms with van der Waals surface area (Å²) in [5.41, 5.74) is 0. The van der Waals surface area contributed by atoms with Gasteiger partial charge in [0.2, 0.25) is 0 Å². The van der Waals surface area contributed by atoms with Gasteiger partial charge in [0.25, 0.3) is 0 Å². The molecule has 0 N–H and O–H groups in total. The van der Waals surface area contributed by atoms with Crippen molar-refractivity contribution in [3.8, 4) is 0 Å². The van der Waals surface area contributed by atoms with Gasteiger partial charge in [-0.15, -0.1) is 0 Å². The van der Waals surface area contributed by atoms with Crippen molar-refractivity contribution >= 4 is 0 Å². The third-order valence-electron chi connectivity index (χ3n) is 1.49. The average Bonchev–Trinajstić information content (AvgIpc) is 1.89. The number of hydrogen-bond acceptors (Lipinski definition) is 0. The molecule has 0 heteroatoms. The van der Waals surface area contributed by atoms with E-state index in [1.807, 2.05) is 0 Å². The first-order chi connectivity index (χ1) is 4.41. The van der Waals surface area contributed by atoms with Crippen molar-refractivity contribution < 1.29 is 0 Å². The summed E-state index contributed by atoms with van der Waals surface area (Å²) in [7, 11) is 0. The molecule has 0 atom stereocenters. The first-order valence-corrected chi connectivity index (χ1v) is 3.99. The Bertz CT molecular complexity index is 33.3. The van der Waals surface area contributed by atoms with Gasteiger partial charge in [-0.1, -0.05) is 52.4 Å². The average molecular weight is 126 g/mol. The summed E-state index contributed by atoms with van der Waals surface area (Å²) in [6.07, 6.45) is 10.1. The molecule has 0 aromatic rings. The van der Waals surface area contributed by atoms with E-state index in [9.17, 15) is 0 Å². The lowest BCUT2D eigenvalue weighted by molar-refractivity contribution is 0.642. The highest BCUT2D eigenvalue weighted by atomic mass is 13.9. The van der Waals surface area contributed by atoms with Crippen molar-refractivity contribution in [3.05, 3.63) is 13.3 Å². The summed E-state index contributed by atoms with van der Waals surface area (Å²) in [5, 5.41) is 0. The molecular formula is C9H18. The summed E-state index contributed by atoms with van der Waals surface area (Å²) in [6, 6.07) is 0. The standard InChI is InChI=1S/C9H18/c1-3-5-7-9-8-6-4-2/h4H,1,3,5-9H2,2H3. The van der Waals surface area contributed by atoms with Gasteiger partial charge in [0.1, 0.15) is 0 Å². The maximum atomic E-state index is 3.80.